The number of H-pyrrole nitrogens is 1. The number of hydrogen-bond donors (Lipinski definition) is 1. The van der Waals surface area contributed by atoms with Crippen LogP contribution in [0, 0.1) is 11.3 Å². The summed E-state index contributed by atoms with van der Waals surface area (Å²) in [7, 11) is 0. The normalized spacial score (nSPS) is 15.3. The van der Waals surface area contributed by atoms with Crippen LogP contribution in [0.25, 0.3) is 16.8 Å². The van der Waals surface area contributed by atoms with E-state index in [0.29, 0.717) is 32.5 Å². The van der Waals surface area contributed by atoms with Crippen LogP contribution in [0.3, 0.4) is 0 Å². The van der Waals surface area contributed by atoms with E-state index < -0.39 is 5.41 Å². The van der Waals surface area contributed by atoms with E-state index in [1.165, 1.54) is 4.52 Å². The van der Waals surface area contributed by atoms with Gasteiger partial charge in [0.05, 0.1) is 11.3 Å². The van der Waals surface area contributed by atoms with Gasteiger partial charge in [-0.3, -0.25) is 4.79 Å². The molecule has 2 heterocycles. The van der Waals surface area contributed by atoms with E-state index in [1.807, 2.05) is 24.3 Å². The van der Waals surface area contributed by atoms with Crippen LogP contribution in [0.2, 0.25) is 10.0 Å². The second kappa shape index (κ2) is 7.56. The molecule has 5 nitrogen and oxygen atoms in total. The molecule has 0 unspecified atom stereocenters. The lowest BCUT2D eigenvalue weighted by Crippen LogP contribution is -2.26. The van der Waals surface area contributed by atoms with Crippen LogP contribution in [-0.4, -0.2) is 14.6 Å². The first-order chi connectivity index (χ1) is 15.0. The fraction of sp³-hybridized carbons (Fsp3) is 0.208. The molecule has 0 atom stereocenters. The average Bonchev–Trinajstić information content (AvgIpc) is 3.41. The highest BCUT2D eigenvalue weighted by atomic mass is 35.5. The Morgan fingerprint density at radius 1 is 1.00 bits per heavy atom. The van der Waals surface area contributed by atoms with Crippen molar-refractivity contribution in [1.29, 1.82) is 5.26 Å². The van der Waals surface area contributed by atoms with Crippen molar-refractivity contribution in [3.8, 4) is 17.2 Å². The van der Waals surface area contributed by atoms with E-state index >= 15 is 0 Å². The van der Waals surface area contributed by atoms with Crippen molar-refractivity contribution >= 4 is 28.8 Å². The molecule has 0 amide bonds. The number of aromatic amines is 1. The van der Waals surface area contributed by atoms with Gasteiger partial charge in [-0.2, -0.15) is 14.9 Å². The average molecular weight is 449 g/mol. The summed E-state index contributed by atoms with van der Waals surface area (Å²) < 4.78 is 1.33. The topological polar surface area (TPSA) is 74.0 Å². The van der Waals surface area contributed by atoms with Crippen molar-refractivity contribution < 1.29 is 0 Å². The summed E-state index contributed by atoms with van der Waals surface area (Å²) in [6.45, 7) is 0. The first-order valence-electron chi connectivity index (χ1n) is 10.1. The summed E-state index contributed by atoms with van der Waals surface area (Å²) in [6, 6.07) is 17.1. The van der Waals surface area contributed by atoms with Crippen molar-refractivity contribution in [3.05, 3.63) is 91.9 Å². The molecule has 0 aliphatic heterocycles. The zero-order chi connectivity index (χ0) is 21.6. The molecule has 2 aromatic heterocycles. The van der Waals surface area contributed by atoms with Gasteiger partial charge in [0.1, 0.15) is 11.6 Å². The fourth-order valence-electron chi connectivity index (χ4n) is 4.70. The standard InChI is InChI=1S/C24H18Cl2N4O/c25-17-7-3-15(4-8-17)20-14-28-22-19(13-27)21(29-30(22)23(20)31)24(11-1-2-12-24)16-5-9-18(26)10-6-16/h3-10,14,28H,1-2,11-12H2. The number of benzene rings is 2. The summed E-state index contributed by atoms with van der Waals surface area (Å²) in [5.74, 6) is 0. The fourth-order valence-corrected chi connectivity index (χ4v) is 4.95. The summed E-state index contributed by atoms with van der Waals surface area (Å²) in [6.07, 6.45) is 5.43. The molecule has 0 saturated heterocycles. The number of aromatic nitrogens is 3. The van der Waals surface area contributed by atoms with Crippen LogP contribution in [0.1, 0.15) is 42.5 Å². The summed E-state index contributed by atoms with van der Waals surface area (Å²) in [5, 5.41) is 16.0. The first-order valence-corrected chi connectivity index (χ1v) is 10.9. The molecule has 1 saturated carbocycles. The largest absolute Gasteiger partial charge is 0.345 e. The van der Waals surface area contributed by atoms with E-state index in [-0.39, 0.29) is 5.56 Å². The van der Waals surface area contributed by atoms with Gasteiger partial charge in [0.25, 0.3) is 5.56 Å². The SMILES string of the molecule is N#Cc1c(C2(c3ccc(Cl)cc3)CCCC2)nn2c(=O)c(-c3ccc(Cl)cc3)c[nH]c12. The zero-order valence-electron chi connectivity index (χ0n) is 16.5. The van der Waals surface area contributed by atoms with Crippen LogP contribution < -0.4 is 5.56 Å². The number of hydrogen-bond acceptors (Lipinski definition) is 3. The molecule has 1 fully saturated rings. The molecule has 1 aliphatic carbocycles. The van der Waals surface area contributed by atoms with Crippen LogP contribution in [-0.2, 0) is 5.41 Å². The summed E-state index contributed by atoms with van der Waals surface area (Å²) in [5.41, 5.74) is 3.06. The Kier molecular flexibility index (Phi) is 4.85. The van der Waals surface area contributed by atoms with Gasteiger partial charge in [-0.25, -0.2) is 0 Å². The van der Waals surface area contributed by atoms with Gasteiger partial charge in [0, 0.05) is 21.7 Å². The number of halogens is 2. The van der Waals surface area contributed by atoms with E-state index in [9.17, 15) is 10.1 Å². The van der Waals surface area contributed by atoms with Gasteiger partial charge >= 0.3 is 0 Å². The molecular formula is C24H18Cl2N4O. The Labute approximate surface area is 188 Å². The van der Waals surface area contributed by atoms with Gasteiger partial charge in [-0.1, -0.05) is 60.3 Å². The molecule has 0 spiro atoms. The Morgan fingerprint density at radius 3 is 2.23 bits per heavy atom. The Morgan fingerprint density at radius 2 is 1.61 bits per heavy atom. The monoisotopic (exact) mass is 448 g/mol. The second-order valence-electron chi connectivity index (χ2n) is 7.91. The summed E-state index contributed by atoms with van der Waals surface area (Å²) >= 11 is 12.1. The predicted octanol–water partition coefficient (Wildman–Crippen LogP) is 5.73. The number of nitrogens with zero attached hydrogens (tertiary/aromatic N) is 3. The number of nitriles is 1. The van der Waals surface area contributed by atoms with Crippen LogP contribution in [0.5, 0.6) is 0 Å². The lowest BCUT2D eigenvalue weighted by Gasteiger charge is -2.28. The zero-order valence-corrected chi connectivity index (χ0v) is 18.0. The molecule has 5 rings (SSSR count). The van der Waals surface area contributed by atoms with Gasteiger partial charge in [-0.05, 0) is 48.2 Å². The Balaban J connectivity index is 1.75. The highest BCUT2D eigenvalue weighted by Gasteiger charge is 2.42. The maximum Gasteiger partial charge on any atom is 0.282 e. The van der Waals surface area contributed by atoms with Crippen LogP contribution in [0.4, 0.5) is 0 Å². The first kappa shape index (κ1) is 19.9. The minimum absolute atomic E-state index is 0.275. The molecule has 2 aromatic carbocycles. The Hall–Kier alpha value is -3.07. The van der Waals surface area contributed by atoms with Crippen LogP contribution in [0.15, 0.2) is 59.5 Å². The van der Waals surface area contributed by atoms with Gasteiger partial charge in [0.15, 0.2) is 5.65 Å². The van der Waals surface area contributed by atoms with E-state index in [4.69, 9.17) is 28.3 Å². The molecule has 0 radical (unpaired) electrons. The minimum Gasteiger partial charge on any atom is -0.345 e. The molecule has 154 valence electrons. The van der Waals surface area contributed by atoms with Gasteiger partial charge < -0.3 is 4.98 Å². The van der Waals surface area contributed by atoms with Crippen LogP contribution >= 0.6 is 23.2 Å². The molecule has 7 heteroatoms. The van der Waals surface area contributed by atoms with E-state index in [2.05, 4.69) is 11.1 Å². The van der Waals surface area contributed by atoms with Crippen molar-refractivity contribution in [3.63, 3.8) is 0 Å². The van der Waals surface area contributed by atoms with Gasteiger partial charge in [0.2, 0.25) is 0 Å². The number of rotatable bonds is 3. The maximum atomic E-state index is 13.3. The third-order valence-electron chi connectivity index (χ3n) is 6.24. The summed E-state index contributed by atoms with van der Waals surface area (Å²) in [4.78, 5) is 16.5. The smallest absolute Gasteiger partial charge is 0.282 e. The molecule has 1 N–H and O–H groups in total. The highest BCUT2D eigenvalue weighted by molar-refractivity contribution is 6.30. The molecule has 4 aromatic rings. The lowest BCUT2D eigenvalue weighted by atomic mass is 9.75. The molecule has 31 heavy (non-hydrogen) atoms. The van der Waals surface area contributed by atoms with Crippen molar-refractivity contribution in [2.45, 2.75) is 31.1 Å². The molecule has 1 aliphatic rings. The maximum absolute atomic E-state index is 13.3. The number of nitrogens with one attached hydrogen (secondary N) is 1. The lowest BCUT2D eigenvalue weighted by molar-refractivity contribution is 0.512. The molecule has 0 bridgehead atoms. The second-order valence-corrected chi connectivity index (χ2v) is 8.78. The van der Waals surface area contributed by atoms with E-state index in [1.54, 1.807) is 30.5 Å². The molecular weight excluding hydrogens is 431 g/mol. The van der Waals surface area contributed by atoms with Crippen molar-refractivity contribution in [1.82, 2.24) is 14.6 Å². The van der Waals surface area contributed by atoms with Crippen molar-refractivity contribution in [2.24, 2.45) is 0 Å². The van der Waals surface area contributed by atoms with E-state index in [0.717, 1.165) is 36.8 Å². The third kappa shape index (κ3) is 3.15. The quantitative estimate of drug-likeness (QED) is 0.434. The predicted molar refractivity (Wildman–Crippen MR) is 122 cm³/mol. The Bertz CT molecular complexity index is 1370. The third-order valence-corrected chi connectivity index (χ3v) is 6.74. The minimum atomic E-state index is -0.414. The number of fused-ring (bicyclic) bond motifs is 1. The van der Waals surface area contributed by atoms with Crippen molar-refractivity contribution in [2.75, 3.05) is 0 Å². The highest BCUT2D eigenvalue weighted by Crippen LogP contribution is 2.47. The van der Waals surface area contributed by atoms with Gasteiger partial charge in [-0.15, -0.1) is 0 Å².